The van der Waals surface area contributed by atoms with Gasteiger partial charge in [0.15, 0.2) is 0 Å². The zero-order valence-corrected chi connectivity index (χ0v) is 19.2. The van der Waals surface area contributed by atoms with Gasteiger partial charge >= 0.3 is 0 Å². The van der Waals surface area contributed by atoms with E-state index in [9.17, 15) is 13.2 Å². The van der Waals surface area contributed by atoms with Crippen LogP contribution in [-0.2, 0) is 16.6 Å². The molecule has 0 spiro atoms. The van der Waals surface area contributed by atoms with E-state index in [0.29, 0.717) is 34.0 Å². The predicted molar refractivity (Wildman–Crippen MR) is 128 cm³/mol. The number of hydrogen-bond donors (Lipinski definition) is 3. The Labute approximate surface area is 192 Å². The molecule has 9 nitrogen and oxygen atoms in total. The molecular weight excluding hydrogens is 446 g/mol. The highest BCUT2D eigenvalue weighted by Gasteiger charge is 2.14. The highest BCUT2D eigenvalue weighted by atomic mass is 32.2. The molecule has 0 aliphatic carbocycles. The molecule has 3 aromatic rings. The van der Waals surface area contributed by atoms with Crippen molar-refractivity contribution in [3.63, 3.8) is 0 Å². The summed E-state index contributed by atoms with van der Waals surface area (Å²) in [6.45, 7) is 0.0637. The third-order valence-corrected chi connectivity index (χ3v) is 5.17. The van der Waals surface area contributed by atoms with Crippen molar-refractivity contribution < 1.29 is 27.4 Å². The Morgan fingerprint density at radius 2 is 1.67 bits per heavy atom. The summed E-state index contributed by atoms with van der Waals surface area (Å²) >= 11 is 0. The van der Waals surface area contributed by atoms with Gasteiger partial charge in [0.25, 0.3) is 5.91 Å². The van der Waals surface area contributed by atoms with E-state index in [1.807, 2.05) is 0 Å². The summed E-state index contributed by atoms with van der Waals surface area (Å²) in [5, 5.41) is 2.77. The minimum atomic E-state index is -3.56. The summed E-state index contributed by atoms with van der Waals surface area (Å²) in [6, 6.07) is 16.4. The fourth-order valence-electron chi connectivity index (χ4n) is 2.99. The summed E-state index contributed by atoms with van der Waals surface area (Å²) in [7, 11) is -0.477. The van der Waals surface area contributed by atoms with E-state index in [1.54, 1.807) is 55.6 Å². The Kier molecular flexibility index (Phi) is 7.29. The van der Waals surface area contributed by atoms with Crippen LogP contribution in [0.2, 0.25) is 0 Å². The zero-order chi connectivity index (χ0) is 24.0. The highest BCUT2D eigenvalue weighted by Crippen LogP contribution is 2.32. The van der Waals surface area contributed by atoms with Gasteiger partial charge in [-0.2, -0.15) is 0 Å². The fourth-order valence-corrected chi connectivity index (χ4v) is 3.56. The highest BCUT2D eigenvalue weighted by molar-refractivity contribution is 7.92. The van der Waals surface area contributed by atoms with Crippen molar-refractivity contribution in [3.05, 3.63) is 71.8 Å². The summed E-state index contributed by atoms with van der Waals surface area (Å²) in [5.74, 6) is 1.08. The van der Waals surface area contributed by atoms with Crippen LogP contribution in [0.3, 0.4) is 0 Å². The lowest BCUT2D eigenvalue weighted by atomic mass is 10.2. The molecule has 0 saturated heterocycles. The molecule has 0 heterocycles. The predicted octanol–water partition coefficient (Wildman–Crippen LogP) is 3.49. The molecule has 0 saturated carbocycles. The van der Waals surface area contributed by atoms with Gasteiger partial charge in [0, 0.05) is 28.6 Å². The first kappa shape index (κ1) is 23.7. The number of nitrogen functional groups attached to an aromatic ring is 1. The monoisotopic (exact) mass is 471 g/mol. The average molecular weight is 472 g/mol. The van der Waals surface area contributed by atoms with E-state index in [4.69, 9.17) is 19.9 Å². The van der Waals surface area contributed by atoms with Crippen LogP contribution in [-0.4, -0.2) is 34.8 Å². The Balaban J connectivity index is 1.87. The van der Waals surface area contributed by atoms with Gasteiger partial charge in [-0.25, -0.2) is 8.42 Å². The standard InChI is InChI=1S/C23H25N3O6S/c1-30-19-9-11-21(31-2)16(12-19)14-32-22-13-18(8-10-20(22)26-33(3,28)29)25-23(27)15-4-6-17(24)7-5-15/h4-13,26H,14,24H2,1-3H3,(H,25,27). The number of rotatable bonds is 9. The van der Waals surface area contributed by atoms with Crippen molar-refractivity contribution in [2.24, 2.45) is 0 Å². The molecule has 33 heavy (non-hydrogen) atoms. The number of ether oxygens (including phenoxy) is 3. The Hall–Kier alpha value is -3.92. The third-order valence-electron chi connectivity index (χ3n) is 4.58. The first-order valence-electron chi connectivity index (χ1n) is 9.81. The minimum Gasteiger partial charge on any atom is -0.497 e. The van der Waals surface area contributed by atoms with Crippen LogP contribution in [0.1, 0.15) is 15.9 Å². The molecule has 174 valence electrons. The molecule has 0 unspecified atom stereocenters. The molecule has 0 bridgehead atoms. The van der Waals surface area contributed by atoms with Crippen molar-refractivity contribution in [2.75, 3.05) is 36.2 Å². The lowest BCUT2D eigenvalue weighted by Crippen LogP contribution is -2.14. The number of amides is 1. The molecule has 0 aromatic heterocycles. The maximum absolute atomic E-state index is 12.5. The number of nitrogens with one attached hydrogen (secondary N) is 2. The summed E-state index contributed by atoms with van der Waals surface area (Å²) in [5.41, 5.74) is 7.97. The normalized spacial score (nSPS) is 10.9. The van der Waals surface area contributed by atoms with Gasteiger partial charge in [-0.15, -0.1) is 0 Å². The van der Waals surface area contributed by atoms with E-state index in [-0.39, 0.29) is 24.0 Å². The number of benzene rings is 3. The molecule has 0 aliphatic heterocycles. The van der Waals surface area contributed by atoms with Crippen LogP contribution >= 0.6 is 0 Å². The van der Waals surface area contributed by atoms with Crippen LogP contribution in [0.15, 0.2) is 60.7 Å². The van der Waals surface area contributed by atoms with Gasteiger partial charge < -0.3 is 25.3 Å². The van der Waals surface area contributed by atoms with Gasteiger partial charge in [-0.3, -0.25) is 9.52 Å². The van der Waals surface area contributed by atoms with E-state index in [2.05, 4.69) is 10.0 Å². The van der Waals surface area contributed by atoms with Crippen LogP contribution < -0.4 is 30.0 Å². The third kappa shape index (κ3) is 6.53. The van der Waals surface area contributed by atoms with Gasteiger partial charge in [-0.05, 0) is 54.6 Å². The van der Waals surface area contributed by atoms with Crippen LogP contribution in [0.5, 0.6) is 17.2 Å². The number of methoxy groups -OCH3 is 2. The zero-order valence-electron chi connectivity index (χ0n) is 18.4. The van der Waals surface area contributed by atoms with Crippen molar-refractivity contribution in [1.82, 2.24) is 0 Å². The number of carbonyl (C=O) groups excluding carboxylic acids is 1. The molecule has 3 aromatic carbocycles. The second-order valence-corrected chi connectivity index (χ2v) is 8.88. The van der Waals surface area contributed by atoms with E-state index in [0.717, 1.165) is 6.26 Å². The Morgan fingerprint density at radius 3 is 2.30 bits per heavy atom. The van der Waals surface area contributed by atoms with Crippen molar-refractivity contribution in [2.45, 2.75) is 6.61 Å². The molecule has 0 aliphatic rings. The Morgan fingerprint density at radius 1 is 0.939 bits per heavy atom. The molecule has 4 N–H and O–H groups in total. The van der Waals surface area contributed by atoms with Crippen molar-refractivity contribution in [3.8, 4) is 17.2 Å². The summed E-state index contributed by atoms with van der Waals surface area (Å²) in [4.78, 5) is 12.5. The number of carbonyl (C=O) groups is 1. The maximum Gasteiger partial charge on any atom is 0.255 e. The van der Waals surface area contributed by atoms with Crippen molar-refractivity contribution >= 4 is 33.0 Å². The van der Waals surface area contributed by atoms with Crippen molar-refractivity contribution in [1.29, 1.82) is 0 Å². The summed E-state index contributed by atoms with van der Waals surface area (Å²) in [6.07, 6.45) is 1.04. The Bertz CT molecular complexity index is 1240. The minimum absolute atomic E-state index is 0.0637. The molecule has 0 fully saturated rings. The second-order valence-electron chi connectivity index (χ2n) is 7.13. The van der Waals surface area contributed by atoms with Crippen LogP contribution in [0, 0.1) is 0 Å². The fraction of sp³-hybridized carbons (Fsp3) is 0.174. The van der Waals surface area contributed by atoms with E-state index < -0.39 is 10.0 Å². The van der Waals surface area contributed by atoms with Gasteiger partial charge in [-0.1, -0.05) is 0 Å². The quantitative estimate of drug-likeness (QED) is 0.407. The molecule has 10 heteroatoms. The average Bonchev–Trinajstić information content (AvgIpc) is 2.78. The molecule has 0 radical (unpaired) electrons. The molecule has 3 rings (SSSR count). The van der Waals surface area contributed by atoms with E-state index >= 15 is 0 Å². The maximum atomic E-state index is 12.5. The van der Waals surface area contributed by atoms with Gasteiger partial charge in [0.1, 0.15) is 23.9 Å². The van der Waals surface area contributed by atoms with Crippen LogP contribution in [0.25, 0.3) is 0 Å². The topological polar surface area (TPSA) is 129 Å². The molecular formula is C23H25N3O6S. The number of sulfonamides is 1. The second kappa shape index (κ2) is 10.1. The smallest absolute Gasteiger partial charge is 0.255 e. The number of anilines is 3. The van der Waals surface area contributed by atoms with E-state index in [1.165, 1.54) is 19.2 Å². The van der Waals surface area contributed by atoms with Gasteiger partial charge in [0.2, 0.25) is 10.0 Å². The molecule has 1 amide bonds. The van der Waals surface area contributed by atoms with Crippen LogP contribution in [0.4, 0.5) is 17.1 Å². The summed E-state index contributed by atoms with van der Waals surface area (Å²) < 4.78 is 42.6. The largest absolute Gasteiger partial charge is 0.497 e. The molecule has 0 atom stereocenters. The first-order valence-corrected chi connectivity index (χ1v) is 11.7. The first-order chi connectivity index (χ1) is 15.7. The lowest BCUT2D eigenvalue weighted by Gasteiger charge is -2.16. The number of nitrogens with two attached hydrogens (primary N) is 1. The number of hydrogen-bond acceptors (Lipinski definition) is 7. The SMILES string of the molecule is COc1ccc(OC)c(COc2cc(NC(=O)c3ccc(N)cc3)ccc2NS(C)(=O)=O)c1. The lowest BCUT2D eigenvalue weighted by molar-refractivity contribution is 0.102. The van der Waals surface area contributed by atoms with Gasteiger partial charge in [0.05, 0.1) is 26.2 Å².